The first-order valence-corrected chi connectivity index (χ1v) is 10.2. The monoisotopic (exact) mass is 399 g/mol. The predicted molar refractivity (Wildman–Crippen MR) is 120 cm³/mol. The van der Waals surface area contributed by atoms with Gasteiger partial charge in [0, 0.05) is 30.9 Å². The van der Waals surface area contributed by atoms with Crippen LogP contribution in [0.5, 0.6) is 5.75 Å². The third-order valence-electron chi connectivity index (χ3n) is 5.20. The van der Waals surface area contributed by atoms with E-state index in [0.717, 1.165) is 34.0 Å². The van der Waals surface area contributed by atoms with E-state index in [0.29, 0.717) is 19.4 Å². The first kappa shape index (κ1) is 19.8. The van der Waals surface area contributed by atoms with Gasteiger partial charge < -0.3 is 14.4 Å². The van der Waals surface area contributed by atoms with E-state index in [-0.39, 0.29) is 11.7 Å². The van der Waals surface area contributed by atoms with Crippen molar-refractivity contribution in [2.24, 2.45) is 0 Å². The number of carbonyl (C=O) groups excluding carboxylic acids is 1. The maximum Gasteiger partial charge on any atom is 0.306 e. The molecule has 4 heteroatoms. The molecule has 0 aliphatic heterocycles. The molecular formula is C26H25NO3. The van der Waals surface area contributed by atoms with Crippen LogP contribution < -0.4 is 0 Å². The molecule has 0 fully saturated rings. The first-order chi connectivity index (χ1) is 14.6. The molecule has 0 radical (unpaired) electrons. The molecule has 1 N–H and O–H groups in total. The van der Waals surface area contributed by atoms with Gasteiger partial charge in [0.25, 0.3) is 0 Å². The zero-order valence-electron chi connectivity index (χ0n) is 17.0. The van der Waals surface area contributed by atoms with Crippen molar-refractivity contribution >= 4 is 16.7 Å². The van der Waals surface area contributed by atoms with E-state index in [4.69, 9.17) is 4.74 Å². The number of fused-ring (bicyclic) bond motifs is 1. The van der Waals surface area contributed by atoms with Crippen LogP contribution in [0, 0.1) is 0 Å². The summed E-state index contributed by atoms with van der Waals surface area (Å²) in [6.45, 7) is 2.97. The molecule has 0 atom stereocenters. The van der Waals surface area contributed by atoms with Gasteiger partial charge in [0.05, 0.1) is 6.61 Å². The molecule has 0 aliphatic rings. The predicted octanol–water partition coefficient (Wildman–Crippen LogP) is 5.56. The lowest BCUT2D eigenvalue weighted by molar-refractivity contribution is -0.143. The fraction of sp³-hybridized carbons (Fsp3) is 0.192. The molecule has 0 saturated carbocycles. The van der Waals surface area contributed by atoms with Gasteiger partial charge in [-0.3, -0.25) is 4.79 Å². The first-order valence-electron chi connectivity index (χ1n) is 10.2. The summed E-state index contributed by atoms with van der Waals surface area (Å²) in [6.07, 6.45) is 5.30. The highest BCUT2D eigenvalue weighted by molar-refractivity contribution is 5.84. The number of hydrogen-bond donors (Lipinski definition) is 1. The number of esters is 1. The van der Waals surface area contributed by atoms with Crippen molar-refractivity contribution in [2.75, 3.05) is 6.61 Å². The number of aromatic hydroxyl groups is 1. The Bertz CT molecular complexity index is 1160. The molecule has 152 valence electrons. The summed E-state index contributed by atoms with van der Waals surface area (Å²) in [5, 5.41) is 11.8. The Kier molecular flexibility index (Phi) is 5.84. The van der Waals surface area contributed by atoms with Gasteiger partial charge in [-0.2, -0.15) is 0 Å². The molecule has 4 rings (SSSR count). The number of phenols is 1. The number of hydrogen-bond acceptors (Lipinski definition) is 3. The lowest BCUT2D eigenvalue weighted by Crippen LogP contribution is -2.05. The number of rotatable bonds is 7. The Morgan fingerprint density at radius 1 is 0.967 bits per heavy atom. The van der Waals surface area contributed by atoms with Crippen LogP contribution in [0.15, 0.2) is 79.1 Å². The van der Waals surface area contributed by atoms with Gasteiger partial charge in [0.15, 0.2) is 0 Å². The summed E-state index contributed by atoms with van der Waals surface area (Å²) < 4.78 is 7.27. The van der Waals surface area contributed by atoms with Crippen LogP contribution in [0.25, 0.3) is 21.9 Å². The number of carbonyl (C=O) groups is 1. The molecule has 4 aromatic rings. The number of aromatic nitrogens is 1. The van der Waals surface area contributed by atoms with Crippen LogP contribution in [-0.4, -0.2) is 22.2 Å². The van der Waals surface area contributed by atoms with Crippen molar-refractivity contribution in [3.8, 4) is 16.9 Å². The minimum absolute atomic E-state index is 0.165. The number of phenolic OH excluding ortho intramolecular Hbond substituents is 1. The zero-order chi connectivity index (χ0) is 20.9. The normalized spacial score (nSPS) is 11.0. The second-order valence-corrected chi connectivity index (χ2v) is 7.41. The minimum atomic E-state index is -0.165. The summed E-state index contributed by atoms with van der Waals surface area (Å²) in [7, 11) is 0. The molecule has 0 saturated heterocycles. The van der Waals surface area contributed by atoms with Crippen molar-refractivity contribution in [3.05, 3.63) is 90.3 Å². The lowest BCUT2D eigenvalue weighted by atomic mass is 10.0. The third-order valence-corrected chi connectivity index (χ3v) is 5.20. The van der Waals surface area contributed by atoms with Gasteiger partial charge in [-0.15, -0.1) is 0 Å². The number of ether oxygens (including phenoxy) is 1. The van der Waals surface area contributed by atoms with Gasteiger partial charge in [0.1, 0.15) is 5.75 Å². The van der Waals surface area contributed by atoms with E-state index in [1.165, 1.54) is 5.56 Å². The minimum Gasteiger partial charge on any atom is -0.508 e. The van der Waals surface area contributed by atoms with E-state index in [9.17, 15) is 9.90 Å². The zero-order valence-corrected chi connectivity index (χ0v) is 17.0. The fourth-order valence-electron chi connectivity index (χ4n) is 3.79. The molecule has 0 aliphatic carbocycles. The van der Waals surface area contributed by atoms with E-state index < -0.39 is 0 Å². The van der Waals surface area contributed by atoms with Crippen LogP contribution in [0.4, 0.5) is 0 Å². The molecule has 4 nitrogen and oxygen atoms in total. The topological polar surface area (TPSA) is 51.5 Å². The van der Waals surface area contributed by atoms with E-state index >= 15 is 0 Å². The highest BCUT2D eigenvalue weighted by Crippen LogP contribution is 2.27. The Balaban J connectivity index is 1.61. The highest BCUT2D eigenvalue weighted by atomic mass is 16.5. The molecule has 0 spiro atoms. The van der Waals surface area contributed by atoms with Crippen molar-refractivity contribution in [1.29, 1.82) is 0 Å². The molecule has 30 heavy (non-hydrogen) atoms. The van der Waals surface area contributed by atoms with E-state index in [1.54, 1.807) is 12.1 Å². The van der Waals surface area contributed by atoms with E-state index in [1.807, 2.05) is 37.3 Å². The summed E-state index contributed by atoms with van der Waals surface area (Å²) in [6, 6.07) is 21.9. The molecule has 1 aromatic heterocycles. The van der Waals surface area contributed by atoms with Crippen LogP contribution >= 0.6 is 0 Å². The molecule has 1 heterocycles. The standard InChI is InChI=1S/C26H25NO3/c1-2-30-26(29)13-11-23-17-27(18-25(23)20-6-4-3-5-7-20)16-19-8-9-22-15-24(28)12-10-21(22)14-19/h3-10,12,14-15,17-18,28H,2,11,13,16H2,1H3. The summed E-state index contributed by atoms with van der Waals surface area (Å²) in [5.74, 6) is 0.112. The number of benzene rings is 3. The smallest absolute Gasteiger partial charge is 0.306 e. The van der Waals surface area contributed by atoms with Crippen LogP contribution in [0.3, 0.4) is 0 Å². The van der Waals surface area contributed by atoms with Crippen LogP contribution in [-0.2, 0) is 22.5 Å². The van der Waals surface area contributed by atoms with Gasteiger partial charge in [-0.05, 0) is 59.0 Å². The van der Waals surface area contributed by atoms with Crippen LogP contribution in [0.1, 0.15) is 24.5 Å². The molecular weight excluding hydrogens is 374 g/mol. The summed E-state index contributed by atoms with van der Waals surface area (Å²) in [4.78, 5) is 11.9. The second kappa shape index (κ2) is 8.87. The van der Waals surface area contributed by atoms with E-state index in [2.05, 4.69) is 41.2 Å². The molecule has 0 bridgehead atoms. The Morgan fingerprint density at radius 3 is 2.53 bits per heavy atom. The van der Waals surface area contributed by atoms with Gasteiger partial charge in [0.2, 0.25) is 0 Å². The van der Waals surface area contributed by atoms with Gasteiger partial charge in [-0.1, -0.05) is 48.5 Å². The summed E-state index contributed by atoms with van der Waals surface area (Å²) >= 11 is 0. The number of aryl methyl sites for hydroxylation is 1. The third kappa shape index (κ3) is 4.54. The summed E-state index contributed by atoms with van der Waals surface area (Å²) in [5.41, 5.74) is 4.61. The van der Waals surface area contributed by atoms with Crippen molar-refractivity contribution in [2.45, 2.75) is 26.3 Å². The SMILES string of the molecule is CCOC(=O)CCc1cn(Cc2ccc3cc(O)ccc3c2)cc1-c1ccccc1. The van der Waals surface area contributed by atoms with Crippen molar-refractivity contribution in [3.63, 3.8) is 0 Å². The highest BCUT2D eigenvalue weighted by Gasteiger charge is 2.12. The van der Waals surface area contributed by atoms with Crippen molar-refractivity contribution < 1.29 is 14.6 Å². The quantitative estimate of drug-likeness (QED) is 0.414. The van der Waals surface area contributed by atoms with Crippen LogP contribution in [0.2, 0.25) is 0 Å². The van der Waals surface area contributed by atoms with Gasteiger partial charge >= 0.3 is 5.97 Å². The van der Waals surface area contributed by atoms with Crippen molar-refractivity contribution in [1.82, 2.24) is 4.57 Å². The second-order valence-electron chi connectivity index (χ2n) is 7.41. The maximum absolute atomic E-state index is 11.9. The average molecular weight is 399 g/mol. The lowest BCUT2D eigenvalue weighted by Gasteiger charge is -2.06. The van der Waals surface area contributed by atoms with Gasteiger partial charge in [-0.25, -0.2) is 0 Å². The maximum atomic E-state index is 11.9. The molecule has 0 unspecified atom stereocenters. The molecule has 0 amide bonds. The Hall–Kier alpha value is -3.53. The Labute approximate surface area is 176 Å². The average Bonchev–Trinajstić information content (AvgIpc) is 3.16. The largest absolute Gasteiger partial charge is 0.508 e. The number of nitrogens with zero attached hydrogens (tertiary/aromatic N) is 1. The fourth-order valence-corrected chi connectivity index (χ4v) is 3.79. The molecule has 3 aromatic carbocycles. The Morgan fingerprint density at radius 2 is 1.73 bits per heavy atom.